The fraction of sp³-hybridized carbons (Fsp3) is 0.333. The van der Waals surface area contributed by atoms with E-state index >= 15 is 0 Å². The van der Waals surface area contributed by atoms with Crippen LogP contribution in [0, 0.1) is 13.8 Å². The molecule has 0 aliphatic rings. The number of aryl methyl sites for hydroxylation is 2. The Hall–Kier alpha value is -2.30. The number of carboxylic acid groups (broad SMARTS) is 1. The van der Waals surface area contributed by atoms with Crippen LogP contribution in [0.25, 0.3) is 6.08 Å². The minimum Gasteiger partial charge on any atom is -0.497 e. The zero-order valence-electron chi connectivity index (χ0n) is 12.1. The summed E-state index contributed by atoms with van der Waals surface area (Å²) >= 11 is 0. The quantitative estimate of drug-likeness (QED) is 0.806. The molecular formula is C15H19NO4. The molecule has 5 heteroatoms. The van der Waals surface area contributed by atoms with Gasteiger partial charge in [0, 0.05) is 6.08 Å². The van der Waals surface area contributed by atoms with E-state index in [4.69, 9.17) is 9.84 Å². The molecule has 0 aliphatic carbocycles. The third kappa shape index (κ3) is 4.12. The summed E-state index contributed by atoms with van der Waals surface area (Å²) in [6.07, 6.45) is 3.01. The molecule has 1 amide bonds. The predicted molar refractivity (Wildman–Crippen MR) is 76.7 cm³/mol. The van der Waals surface area contributed by atoms with Gasteiger partial charge in [-0.2, -0.15) is 0 Å². The Balaban J connectivity index is 2.85. The second-order valence-electron chi connectivity index (χ2n) is 4.58. The van der Waals surface area contributed by atoms with Gasteiger partial charge in [0.1, 0.15) is 11.8 Å². The van der Waals surface area contributed by atoms with Crippen molar-refractivity contribution in [2.45, 2.75) is 26.8 Å². The zero-order chi connectivity index (χ0) is 15.3. The Morgan fingerprint density at radius 3 is 2.30 bits per heavy atom. The second kappa shape index (κ2) is 6.75. The van der Waals surface area contributed by atoms with Crippen LogP contribution in [0.1, 0.15) is 23.6 Å². The van der Waals surface area contributed by atoms with Gasteiger partial charge in [0.2, 0.25) is 5.91 Å². The molecule has 0 fully saturated rings. The normalized spacial score (nSPS) is 12.2. The number of aliphatic carboxylic acids is 1. The lowest BCUT2D eigenvalue weighted by molar-refractivity contribution is -0.140. The molecule has 2 N–H and O–H groups in total. The van der Waals surface area contributed by atoms with Crippen molar-refractivity contribution in [1.29, 1.82) is 0 Å². The summed E-state index contributed by atoms with van der Waals surface area (Å²) < 4.78 is 5.17. The largest absolute Gasteiger partial charge is 0.497 e. The van der Waals surface area contributed by atoms with E-state index in [0.717, 1.165) is 22.4 Å². The highest BCUT2D eigenvalue weighted by Gasteiger charge is 2.12. The topological polar surface area (TPSA) is 75.6 Å². The highest BCUT2D eigenvalue weighted by atomic mass is 16.5. The Morgan fingerprint density at radius 2 is 1.85 bits per heavy atom. The van der Waals surface area contributed by atoms with E-state index in [0.29, 0.717) is 0 Å². The van der Waals surface area contributed by atoms with Gasteiger partial charge < -0.3 is 15.2 Å². The predicted octanol–water partition coefficient (Wildman–Crippen LogP) is 1.91. The lowest BCUT2D eigenvalue weighted by atomic mass is 10.0. The molecule has 1 atom stereocenters. The van der Waals surface area contributed by atoms with Gasteiger partial charge in [-0.3, -0.25) is 9.59 Å². The summed E-state index contributed by atoms with van der Waals surface area (Å²) in [5, 5.41) is 11.1. The highest BCUT2D eigenvalue weighted by molar-refractivity contribution is 5.94. The monoisotopic (exact) mass is 277 g/mol. The highest BCUT2D eigenvalue weighted by Crippen LogP contribution is 2.22. The maximum absolute atomic E-state index is 11.6. The van der Waals surface area contributed by atoms with Crippen LogP contribution < -0.4 is 10.1 Å². The molecule has 0 bridgehead atoms. The number of carboxylic acids is 1. The van der Waals surface area contributed by atoms with Crippen LogP contribution in [0.3, 0.4) is 0 Å². The fourth-order valence-electron chi connectivity index (χ4n) is 1.80. The molecular weight excluding hydrogens is 258 g/mol. The van der Waals surface area contributed by atoms with Crippen molar-refractivity contribution < 1.29 is 19.4 Å². The number of hydrogen-bond acceptors (Lipinski definition) is 3. The van der Waals surface area contributed by atoms with Gasteiger partial charge in [-0.15, -0.1) is 0 Å². The van der Waals surface area contributed by atoms with Gasteiger partial charge in [-0.25, -0.2) is 0 Å². The number of amides is 1. The summed E-state index contributed by atoms with van der Waals surface area (Å²) in [5.41, 5.74) is 2.89. The number of carbonyl (C=O) groups excluding carboxylic acids is 1. The SMILES string of the molecule is COc1cc(C)c(/C=C/C(=O)NC(C)C(=O)O)c(C)c1. The lowest BCUT2D eigenvalue weighted by Crippen LogP contribution is -2.37. The van der Waals surface area contributed by atoms with Crippen LogP contribution in [-0.2, 0) is 9.59 Å². The van der Waals surface area contributed by atoms with Crippen LogP contribution in [0.5, 0.6) is 5.75 Å². The number of rotatable bonds is 5. The van der Waals surface area contributed by atoms with Gasteiger partial charge in [0.25, 0.3) is 0 Å². The van der Waals surface area contributed by atoms with E-state index in [9.17, 15) is 9.59 Å². The van der Waals surface area contributed by atoms with Crippen molar-refractivity contribution in [1.82, 2.24) is 5.32 Å². The molecule has 0 spiro atoms. The van der Waals surface area contributed by atoms with Gasteiger partial charge in [-0.1, -0.05) is 0 Å². The summed E-state index contributed by atoms with van der Waals surface area (Å²) in [6, 6.07) is 2.85. The minimum absolute atomic E-state index is 0.436. The Morgan fingerprint density at radius 1 is 1.30 bits per heavy atom. The first-order valence-corrected chi connectivity index (χ1v) is 6.21. The maximum Gasteiger partial charge on any atom is 0.325 e. The molecule has 1 aromatic rings. The number of nitrogens with one attached hydrogen (secondary N) is 1. The lowest BCUT2D eigenvalue weighted by Gasteiger charge is -2.09. The van der Waals surface area contributed by atoms with E-state index in [-0.39, 0.29) is 0 Å². The van der Waals surface area contributed by atoms with Gasteiger partial charge in [0.05, 0.1) is 7.11 Å². The van der Waals surface area contributed by atoms with Crippen LogP contribution in [0.15, 0.2) is 18.2 Å². The molecule has 20 heavy (non-hydrogen) atoms. The number of carbonyl (C=O) groups is 2. The Bertz CT molecular complexity index is 526. The first-order valence-electron chi connectivity index (χ1n) is 6.21. The molecule has 0 aromatic heterocycles. The molecule has 0 aliphatic heterocycles. The van der Waals surface area contributed by atoms with Crippen molar-refractivity contribution >= 4 is 18.0 Å². The average molecular weight is 277 g/mol. The van der Waals surface area contributed by atoms with E-state index in [1.54, 1.807) is 13.2 Å². The molecule has 1 unspecified atom stereocenters. The molecule has 1 aromatic carbocycles. The van der Waals surface area contributed by atoms with E-state index in [2.05, 4.69) is 5.32 Å². The van der Waals surface area contributed by atoms with Crippen LogP contribution >= 0.6 is 0 Å². The standard InChI is InChI=1S/C15H19NO4/c1-9-7-12(20-4)8-10(2)13(9)5-6-14(17)16-11(3)15(18)19/h5-8,11H,1-4H3,(H,16,17)(H,18,19)/b6-5+. The average Bonchev–Trinajstić information content (AvgIpc) is 2.37. The first-order chi connectivity index (χ1) is 9.35. The fourth-order valence-corrected chi connectivity index (χ4v) is 1.80. The van der Waals surface area contributed by atoms with Crippen molar-refractivity contribution in [3.63, 3.8) is 0 Å². The van der Waals surface area contributed by atoms with Gasteiger partial charge in [0.15, 0.2) is 0 Å². The molecule has 1 rings (SSSR count). The van der Waals surface area contributed by atoms with Gasteiger partial charge in [-0.05, 0) is 55.7 Å². The van der Waals surface area contributed by atoms with Crippen LogP contribution in [0.4, 0.5) is 0 Å². The van der Waals surface area contributed by atoms with Crippen LogP contribution in [0.2, 0.25) is 0 Å². The van der Waals surface area contributed by atoms with Crippen LogP contribution in [-0.4, -0.2) is 30.1 Å². The third-order valence-corrected chi connectivity index (χ3v) is 2.93. The Labute approximate surface area is 118 Å². The summed E-state index contributed by atoms with van der Waals surface area (Å²) in [4.78, 5) is 22.2. The van der Waals surface area contributed by atoms with E-state index in [1.807, 2.05) is 26.0 Å². The summed E-state index contributed by atoms with van der Waals surface area (Å²) in [6.45, 7) is 5.26. The molecule has 0 saturated heterocycles. The van der Waals surface area contributed by atoms with Gasteiger partial charge >= 0.3 is 5.97 Å². The molecule has 0 heterocycles. The number of methoxy groups -OCH3 is 1. The smallest absolute Gasteiger partial charge is 0.325 e. The number of hydrogen-bond donors (Lipinski definition) is 2. The van der Waals surface area contributed by atoms with E-state index in [1.165, 1.54) is 13.0 Å². The maximum atomic E-state index is 11.6. The third-order valence-electron chi connectivity index (χ3n) is 2.93. The number of benzene rings is 1. The first kappa shape index (κ1) is 15.8. The minimum atomic E-state index is -1.07. The zero-order valence-corrected chi connectivity index (χ0v) is 12.1. The van der Waals surface area contributed by atoms with Crippen molar-refractivity contribution in [2.24, 2.45) is 0 Å². The van der Waals surface area contributed by atoms with E-state index < -0.39 is 17.9 Å². The summed E-state index contributed by atoms with van der Waals surface area (Å²) in [5.74, 6) is -0.737. The molecule has 108 valence electrons. The Kier molecular flexibility index (Phi) is 5.32. The number of ether oxygens (including phenoxy) is 1. The van der Waals surface area contributed by atoms with Crippen molar-refractivity contribution in [2.75, 3.05) is 7.11 Å². The molecule has 0 saturated carbocycles. The van der Waals surface area contributed by atoms with Crippen molar-refractivity contribution in [3.8, 4) is 5.75 Å². The molecule has 5 nitrogen and oxygen atoms in total. The molecule has 0 radical (unpaired) electrons. The van der Waals surface area contributed by atoms with Crippen molar-refractivity contribution in [3.05, 3.63) is 34.9 Å². The summed E-state index contributed by atoms with van der Waals surface area (Å²) in [7, 11) is 1.60. The second-order valence-corrected chi connectivity index (χ2v) is 4.58.